The molecule has 1 saturated heterocycles. The van der Waals surface area contributed by atoms with Crippen molar-refractivity contribution < 1.29 is 0 Å². The van der Waals surface area contributed by atoms with Crippen LogP contribution in [-0.2, 0) is 0 Å². The van der Waals surface area contributed by atoms with E-state index in [1.54, 1.807) is 0 Å². The molecule has 0 aliphatic carbocycles. The fraction of sp³-hybridized carbons (Fsp3) is 0.600. The zero-order chi connectivity index (χ0) is 24.5. The molecule has 0 bridgehead atoms. The lowest BCUT2D eigenvalue weighted by Gasteiger charge is -2.28. The van der Waals surface area contributed by atoms with E-state index >= 15 is 0 Å². The van der Waals surface area contributed by atoms with Gasteiger partial charge in [-0.1, -0.05) is 77.1 Å². The molecule has 186 valence electrons. The molecule has 0 amide bonds. The first-order chi connectivity index (χ1) is 16.5. The third-order valence-electron chi connectivity index (χ3n) is 7.32. The molecule has 4 heteroatoms. The number of benzene rings is 1. The molecule has 0 N–H and O–H groups in total. The lowest BCUT2D eigenvalue weighted by molar-refractivity contribution is 0.448. The van der Waals surface area contributed by atoms with Crippen molar-refractivity contribution in [1.82, 2.24) is 4.98 Å². The summed E-state index contributed by atoms with van der Waals surface area (Å²) in [6, 6.07) is 10.8. The van der Waals surface area contributed by atoms with E-state index in [2.05, 4.69) is 63.8 Å². The van der Waals surface area contributed by atoms with E-state index in [0.29, 0.717) is 16.9 Å². The van der Waals surface area contributed by atoms with Crippen LogP contribution in [0.1, 0.15) is 91.0 Å². The van der Waals surface area contributed by atoms with Crippen molar-refractivity contribution in [3.63, 3.8) is 0 Å². The van der Waals surface area contributed by atoms with Crippen LogP contribution in [0.3, 0.4) is 0 Å². The maximum Gasteiger partial charge on any atom is 0.155 e. The second kappa shape index (κ2) is 13.3. The van der Waals surface area contributed by atoms with Crippen LogP contribution in [0.25, 0.3) is 11.3 Å². The molecule has 2 aromatic rings. The van der Waals surface area contributed by atoms with Gasteiger partial charge in [-0.25, -0.2) is 9.98 Å². The van der Waals surface area contributed by atoms with Crippen molar-refractivity contribution in [2.24, 2.45) is 16.8 Å². The fourth-order valence-electron chi connectivity index (χ4n) is 5.06. The van der Waals surface area contributed by atoms with Crippen LogP contribution >= 0.6 is 11.6 Å². The van der Waals surface area contributed by atoms with Gasteiger partial charge in [-0.3, -0.25) is 0 Å². The molecule has 2 heterocycles. The summed E-state index contributed by atoms with van der Waals surface area (Å²) in [5, 5.41) is 0.696. The minimum atomic E-state index is 0.459. The molecular weight excluding hydrogens is 438 g/mol. The number of piperidine rings is 1. The van der Waals surface area contributed by atoms with E-state index in [1.807, 2.05) is 6.07 Å². The Balaban J connectivity index is 1.91. The van der Waals surface area contributed by atoms with Gasteiger partial charge in [0.1, 0.15) is 0 Å². The van der Waals surface area contributed by atoms with Crippen LogP contribution in [0.15, 0.2) is 35.3 Å². The third kappa shape index (κ3) is 7.07. The van der Waals surface area contributed by atoms with Crippen molar-refractivity contribution in [3.8, 4) is 11.3 Å². The second-order valence-electron chi connectivity index (χ2n) is 10.1. The largest absolute Gasteiger partial charge is 0.372 e. The monoisotopic (exact) mass is 481 g/mol. The molecular formula is C30H44ClN3. The molecule has 0 saturated carbocycles. The van der Waals surface area contributed by atoms with Crippen LogP contribution in [0.5, 0.6) is 0 Å². The Kier molecular flexibility index (Phi) is 10.4. The molecule has 1 aliphatic rings. The minimum absolute atomic E-state index is 0.459. The van der Waals surface area contributed by atoms with Crippen LogP contribution in [0.2, 0.25) is 5.02 Å². The number of rotatable bonds is 11. The van der Waals surface area contributed by atoms with E-state index in [9.17, 15) is 0 Å². The maximum atomic E-state index is 6.70. The van der Waals surface area contributed by atoms with Crippen molar-refractivity contribution in [1.29, 1.82) is 0 Å². The maximum absolute atomic E-state index is 6.70. The van der Waals surface area contributed by atoms with Crippen molar-refractivity contribution in [3.05, 3.63) is 40.9 Å². The van der Waals surface area contributed by atoms with Gasteiger partial charge in [0, 0.05) is 30.1 Å². The summed E-state index contributed by atoms with van der Waals surface area (Å²) in [4.78, 5) is 12.7. The van der Waals surface area contributed by atoms with Gasteiger partial charge in [0.15, 0.2) is 5.82 Å². The standard InChI is InChI=1S/C30H44ClN3/c1-6-12-24(13-7-2)21-28(22(4)8-3)32-30-23(5)20-27(31)29(33-30)25-14-16-26(17-15-25)34-18-10-9-11-19-34/h14-17,20,22,24H,6-13,18-19,21H2,1-5H3. The van der Waals surface area contributed by atoms with Crippen LogP contribution in [0, 0.1) is 18.8 Å². The number of nitrogens with zero attached hydrogens (tertiary/aromatic N) is 3. The smallest absolute Gasteiger partial charge is 0.155 e. The number of aliphatic imine (C=N–C) groups is 1. The molecule has 1 unspecified atom stereocenters. The molecule has 0 spiro atoms. The third-order valence-corrected chi connectivity index (χ3v) is 7.61. The van der Waals surface area contributed by atoms with Gasteiger partial charge in [0.2, 0.25) is 0 Å². The van der Waals surface area contributed by atoms with E-state index in [1.165, 1.54) is 56.3 Å². The summed E-state index contributed by atoms with van der Waals surface area (Å²) in [5.74, 6) is 1.99. The molecule has 1 fully saturated rings. The average Bonchev–Trinajstić information content (AvgIpc) is 2.85. The number of pyridine rings is 1. The quantitative estimate of drug-likeness (QED) is 0.299. The Morgan fingerprint density at radius 3 is 2.26 bits per heavy atom. The Labute approximate surface area is 213 Å². The van der Waals surface area contributed by atoms with Gasteiger partial charge in [0.25, 0.3) is 0 Å². The fourth-order valence-corrected chi connectivity index (χ4v) is 5.37. The van der Waals surface area contributed by atoms with E-state index < -0.39 is 0 Å². The summed E-state index contributed by atoms with van der Waals surface area (Å²) in [6.07, 6.45) is 11.1. The van der Waals surface area contributed by atoms with Gasteiger partial charge in [0.05, 0.1) is 10.7 Å². The first-order valence-corrected chi connectivity index (χ1v) is 13.9. The number of aryl methyl sites for hydroxylation is 1. The predicted octanol–water partition coefficient (Wildman–Crippen LogP) is 9.43. The highest BCUT2D eigenvalue weighted by Gasteiger charge is 2.18. The second-order valence-corrected chi connectivity index (χ2v) is 10.5. The van der Waals surface area contributed by atoms with E-state index in [-0.39, 0.29) is 0 Å². The predicted molar refractivity (Wildman–Crippen MR) is 150 cm³/mol. The van der Waals surface area contributed by atoms with Gasteiger partial charge in [-0.2, -0.15) is 0 Å². The van der Waals surface area contributed by atoms with E-state index in [0.717, 1.165) is 48.6 Å². The molecule has 0 radical (unpaired) electrons. The molecule has 1 aromatic carbocycles. The number of aromatic nitrogens is 1. The lowest BCUT2D eigenvalue weighted by atomic mass is 9.87. The molecule has 1 aromatic heterocycles. The van der Waals surface area contributed by atoms with E-state index in [4.69, 9.17) is 21.6 Å². The van der Waals surface area contributed by atoms with Crippen molar-refractivity contribution in [2.45, 2.75) is 92.4 Å². The minimum Gasteiger partial charge on any atom is -0.372 e. The Bertz CT molecular complexity index is 923. The highest BCUT2D eigenvalue weighted by molar-refractivity contribution is 6.33. The van der Waals surface area contributed by atoms with Crippen LogP contribution in [-0.4, -0.2) is 23.8 Å². The van der Waals surface area contributed by atoms with Gasteiger partial charge in [-0.15, -0.1) is 0 Å². The zero-order valence-electron chi connectivity index (χ0n) is 22.0. The molecule has 3 rings (SSSR count). The number of anilines is 1. The molecule has 1 aliphatic heterocycles. The summed E-state index contributed by atoms with van der Waals surface area (Å²) >= 11 is 6.70. The summed E-state index contributed by atoms with van der Waals surface area (Å²) in [5.41, 5.74) is 5.52. The summed E-state index contributed by atoms with van der Waals surface area (Å²) < 4.78 is 0. The Morgan fingerprint density at radius 1 is 1.03 bits per heavy atom. The highest BCUT2D eigenvalue weighted by atomic mass is 35.5. The van der Waals surface area contributed by atoms with Gasteiger partial charge in [-0.05, 0) is 74.6 Å². The Morgan fingerprint density at radius 2 is 1.68 bits per heavy atom. The molecule has 34 heavy (non-hydrogen) atoms. The van der Waals surface area contributed by atoms with Gasteiger partial charge >= 0.3 is 0 Å². The van der Waals surface area contributed by atoms with Crippen LogP contribution < -0.4 is 4.90 Å². The summed E-state index contributed by atoms with van der Waals surface area (Å²) in [7, 11) is 0. The zero-order valence-corrected chi connectivity index (χ0v) is 22.8. The van der Waals surface area contributed by atoms with Gasteiger partial charge < -0.3 is 4.90 Å². The molecule has 3 nitrogen and oxygen atoms in total. The Hall–Kier alpha value is -1.87. The highest BCUT2D eigenvalue weighted by Crippen LogP contribution is 2.33. The normalized spacial score (nSPS) is 15.7. The first kappa shape index (κ1) is 26.7. The van der Waals surface area contributed by atoms with Crippen molar-refractivity contribution >= 4 is 28.8 Å². The summed E-state index contributed by atoms with van der Waals surface area (Å²) in [6.45, 7) is 13.5. The average molecular weight is 482 g/mol. The topological polar surface area (TPSA) is 28.5 Å². The van der Waals surface area contributed by atoms with Crippen LogP contribution in [0.4, 0.5) is 11.5 Å². The number of hydrogen-bond donors (Lipinski definition) is 0. The van der Waals surface area contributed by atoms with Crippen molar-refractivity contribution in [2.75, 3.05) is 18.0 Å². The number of halogens is 1. The molecule has 1 atom stereocenters. The SMILES string of the molecule is CCCC(CCC)CC(=Nc1nc(-c2ccc(N3CCCCC3)cc2)c(Cl)cc1C)C(C)CC. The lowest BCUT2D eigenvalue weighted by Crippen LogP contribution is -2.29. The number of hydrogen-bond acceptors (Lipinski definition) is 3. The first-order valence-electron chi connectivity index (χ1n) is 13.6.